The first kappa shape index (κ1) is 42.0. The van der Waals surface area contributed by atoms with Crippen molar-refractivity contribution in [2.24, 2.45) is 0 Å². The number of aryl methyl sites for hydroxylation is 1. The number of ether oxygens (including phenoxy) is 3. The second-order valence-electron chi connectivity index (χ2n) is 13.4. The summed E-state index contributed by atoms with van der Waals surface area (Å²) < 4.78 is 59.9. The van der Waals surface area contributed by atoms with E-state index in [1.165, 1.54) is 47.1 Å². The van der Waals surface area contributed by atoms with Gasteiger partial charge in [0.25, 0.3) is 7.82 Å². The highest BCUT2D eigenvalue weighted by Gasteiger charge is 2.52. The summed E-state index contributed by atoms with van der Waals surface area (Å²) in [5, 5.41) is 16.6. The van der Waals surface area contributed by atoms with Crippen molar-refractivity contribution in [3.63, 3.8) is 0 Å². The van der Waals surface area contributed by atoms with Gasteiger partial charge >= 0.3 is 25.5 Å². The Morgan fingerprint density at radius 1 is 0.850 bits per heavy atom. The molecule has 21 heteroatoms. The maximum Gasteiger partial charge on any atom is 0.412 e. The molecule has 0 spiro atoms. The van der Waals surface area contributed by atoms with Gasteiger partial charge in [-0.2, -0.15) is 0 Å². The smallest absolute Gasteiger partial charge is 0.412 e. The molecule has 1 aliphatic heterocycles. The molecule has 0 bridgehead atoms. The van der Waals surface area contributed by atoms with Crippen LogP contribution in [0.25, 0.3) is 16.9 Å². The van der Waals surface area contributed by atoms with Crippen LogP contribution in [0.3, 0.4) is 0 Å². The molecule has 1 aliphatic rings. The van der Waals surface area contributed by atoms with Crippen LogP contribution in [0.2, 0.25) is 0 Å². The van der Waals surface area contributed by atoms with Crippen LogP contribution in [0, 0.1) is 6.92 Å². The molecule has 0 aliphatic carbocycles. The molecule has 2 amide bonds. The molecule has 1 saturated heterocycles. The second-order valence-corrected chi connectivity index (χ2v) is 16.9. The summed E-state index contributed by atoms with van der Waals surface area (Å²) in [5.74, 6) is 0. The largest absolute Gasteiger partial charge is 0.756 e. The highest BCUT2D eigenvalue weighted by atomic mass is 31.3. The molecule has 312 valence electrons. The predicted molar refractivity (Wildman–Crippen MR) is 212 cm³/mol. The number of amides is 2. The Balaban J connectivity index is 1.22. The second kappa shape index (κ2) is 18.0. The Morgan fingerprint density at radius 2 is 1.45 bits per heavy atom. The molecule has 2 aromatic heterocycles. The molecular formula is C39H36N6O13P2-2. The lowest BCUT2D eigenvalue weighted by molar-refractivity contribution is -0.640. The SMILES string of the molecule is Cc1ccc(-c2cn3c(=O)n([C@@H]4O[C@H](COP(=O)([O-])OP(=O)(Cc5ccc(N)cc5)O[O-])[C@H](OC(=O)Nc5ccccc5)C4OC(=O)Nc4ccccc4)ccc3n2)cc1. The number of phosphoric acid groups is 1. The lowest BCUT2D eigenvalue weighted by atomic mass is 10.1. The van der Waals surface area contributed by atoms with Crippen LogP contribution in [0.4, 0.5) is 26.7 Å². The summed E-state index contributed by atoms with van der Waals surface area (Å²) in [4.78, 5) is 58.8. The van der Waals surface area contributed by atoms with Crippen molar-refractivity contribution >= 4 is 50.3 Å². The average Bonchev–Trinajstić information content (AvgIpc) is 3.81. The molecule has 4 aromatic carbocycles. The zero-order valence-corrected chi connectivity index (χ0v) is 33.3. The third-order valence-corrected chi connectivity index (χ3v) is 12.3. The van der Waals surface area contributed by atoms with Gasteiger partial charge in [-0.25, -0.2) is 23.7 Å². The maximum absolute atomic E-state index is 14.2. The Hall–Kier alpha value is -6.14. The minimum Gasteiger partial charge on any atom is -0.756 e. The third-order valence-electron chi connectivity index (χ3n) is 9.07. The molecule has 3 heterocycles. The van der Waals surface area contributed by atoms with Gasteiger partial charge in [0, 0.05) is 35.0 Å². The molecule has 19 nitrogen and oxygen atoms in total. The van der Waals surface area contributed by atoms with E-state index in [1.807, 2.05) is 31.2 Å². The van der Waals surface area contributed by atoms with E-state index in [0.717, 1.165) is 15.7 Å². The predicted octanol–water partition coefficient (Wildman–Crippen LogP) is 5.37. The number of phosphoric ester groups is 1. The highest BCUT2D eigenvalue weighted by Crippen LogP contribution is 2.61. The number of para-hydroxylation sites is 2. The number of nitrogens with zero attached hydrogens (tertiary/aromatic N) is 3. The van der Waals surface area contributed by atoms with E-state index in [9.17, 15) is 33.7 Å². The van der Waals surface area contributed by atoms with E-state index in [2.05, 4.69) is 24.6 Å². The molecular weight excluding hydrogens is 822 g/mol. The minimum atomic E-state index is -5.70. The number of carbonyl (C=O) groups excluding carboxylic acids is 2. The van der Waals surface area contributed by atoms with Crippen LogP contribution in [0.15, 0.2) is 132 Å². The molecule has 6 atom stereocenters. The minimum absolute atomic E-state index is 0.198. The first-order chi connectivity index (χ1) is 28.8. The van der Waals surface area contributed by atoms with Crippen molar-refractivity contribution in [1.82, 2.24) is 14.0 Å². The average molecular weight is 859 g/mol. The number of anilines is 3. The molecule has 0 radical (unpaired) electrons. The topological polar surface area (TPSA) is 259 Å². The molecule has 4 N–H and O–H groups in total. The molecule has 6 aromatic rings. The number of carbonyl (C=O) groups is 2. The van der Waals surface area contributed by atoms with Gasteiger partial charge in [-0.05, 0) is 55.0 Å². The van der Waals surface area contributed by atoms with Crippen molar-refractivity contribution in [3.05, 3.63) is 149 Å². The van der Waals surface area contributed by atoms with E-state index in [4.69, 9.17) is 24.5 Å². The number of benzene rings is 4. The summed E-state index contributed by atoms with van der Waals surface area (Å²) >= 11 is 0. The zero-order chi connectivity index (χ0) is 42.4. The molecule has 7 rings (SSSR count). The number of nitrogen functional groups attached to an aromatic ring is 1. The Bertz CT molecular complexity index is 2610. The maximum atomic E-state index is 14.2. The summed E-state index contributed by atoms with van der Waals surface area (Å²) in [7, 11) is -10.6. The fourth-order valence-corrected chi connectivity index (χ4v) is 9.02. The van der Waals surface area contributed by atoms with Crippen LogP contribution in [-0.4, -0.2) is 51.1 Å². The Labute approximate surface area is 341 Å². The monoisotopic (exact) mass is 858 g/mol. The van der Waals surface area contributed by atoms with Crippen molar-refractivity contribution < 1.29 is 56.6 Å². The van der Waals surface area contributed by atoms with Crippen molar-refractivity contribution in [1.29, 1.82) is 0 Å². The van der Waals surface area contributed by atoms with Gasteiger partial charge in [-0.15, -0.1) is 0 Å². The fraction of sp³-hybridized carbons (Fsp3) is 0.179. The lowest BCUT2D eigenvalue weighted by Crippen LogP contribution is -2.43. The van der Waals surface area contributed by atoms with Gasteiger partial charge in [-0.3, -0.25) is 28.7 Å². The number of fused-ring (bicyclic) bond motifs is 1. The fourth-order valence-electron chi connectivity index (χ4n) is 6.23. The van der Waals surface area contributed by atoms with Gasteiger partial charge in [0.05, 0.1) is 18.5 Å². The first-order valence-electron chi connectivity index (χ1n) is 18.1. The van der Waals surface area contributed by atoms with Crippen molar-refractivity contribution in [2.45, 2.75) is 37.6 Å². The van der Waals surface area contributed by atoms with Crippen LogP contribution >= 0.6 is 15.4 Å². The van der Waals surface area contributed by atoms with Crippen LogP contribution in [-0.2, 0) is 43.0 Å². The molecule has 1 fully saturated rings. The van der Waals surface area contributed by atoms with Gasteiger partial charge in [0.2, 0.25) is 0 Å². The lowest BCUT2D eigenvalue weighted by Gasteiger charge is -2.30. The summed E-state index contributed by atoms with van der Waals surface area (Å²) in [6.45, 7) is 0.888. The Morgan fingerprint density at radius 3 is 2.05 bits per heavy atom. The van der Waals surface area contributed by atoms with Gasteiger partial charge in [0.15, 0.2) is 18.4 Å². The summed E-state index contributed by atoms with van der Waals surface area (Å²) in [6, 6.07) is 30.9. The molecule has 3 unspecified atom stereocenters. The number of nitrogens with one attached hydrogen (secondary N) is 2. The number of hydrogen-bond donors (Lipinski definition) is 3. The van der Waals surface area contributed by atoms with E-state index >= 15 is 0 Å². The number of hydrogen-bond acceptors (Lipinski definition) is 15. The van der Waals surface area contributed by atoms with E-state index in [-0.39, 0.29) is 11.2 Å². The van der Waals surface area contributed by atoms with E-state index in [0.29, 0.717) is 22.8 Å². The first-order valence-corrected chi connectivity index (χ1v) is 21.3. The number of imidazole rings is 1. The van der Waals surface area contributed by atoms with Crippen LogP contribution in [0.1, 0.15) is 17.4 Å². The standard InChI is InChI=1S/C39H38N6O13P2/c1-25-12-16-27(17-13-25)31-22-45-33(43-31)20-21-44(39(45)48)36-35(56-38(47)42-30-10-6-3-7-11-30)34(55-37(46)41-29-8-4-2-5-9-29)32(54-36)23-53-60(51,52)58-59(50,57-49)24-26-14-18-28(40)19-15-26/h2-22,32,34-36,49H,23-24,40H2,1H3,(H,41,46)(H,42,47)(H,51,52)/p-2/t32-,34+,35?,36-,59?/m1/s1. The zero-order valence-electron chi connectivity index (χ0n) is 31.5. The normalized spacial score (nSPS) is 19.5. The molecule has 0 saturated carbocycles. The van der Waals surface area contributed by atoms with Crippen LogP contribution < -0.4 is 32.2 Å². The van der Waals surface area contributed by atoms with Crippen molar-refractivity contribution in [2.75, 3.05) is 23.0 Å². The number of nitrogens with two attached hydrogens (primary N) is 1. The third kappa shape index (κ3) is 10.2. The quantitative estimate of drug-likeness (QED) is 0.0538. The van der Waals surface area contributed by atoms with Gasteiger partial charge in [-0.1, -0.05) is 78.4 Å². The molecule has 60 heavy (non-hydrogen) atoms. The van der Waals surface area contributed by atoms with Crippen LogP contribution in [0.5, 0.6) is 0 Å². The number of rotatable bonds is 14. The van der Waals surface area contributed by atoms with Crippen molar-refractivity contribution in [3.8, 4) is 11.3 Å². The van der Waals surface area contributed by atoms with E-state index < -0.39 is 70.6 Å². The van der Waals surface area contributed by atoms with E-state index in [1.54, 1.807) is 60.7 Å². The Kier molecular flexibility index (Phi) is 12.6. The number of aromatic nitrogens is 3. The van der Waals surface area contributed by atoms with Gasteiger partial charge < -0.3 is 39.3 Å². The highest BCUT2D eigenvalue weighted by molar-refractivity contribution is 7.63. The summed E-state index contributed by atoms with van der Waals surface area (Å²) in [6.07, 6.45) is -6.74. The van der Waals surface area contributed by atoms with Gasteiger partial charge in [0.1, 0.15) is 11.8 Å². The summed E-state index contributed by atoms with van der Waals surface area (Å²) in [5.41, 5.74) is 8.59.